The number of rotatable bonds is 4. The highest BCUT2D eigenvalue weighted by Crippen LogP contribution is 2.28. The molecule has 1 atom stereocenters. The van der Waals surface area contributed by atoms with E-state index in [1.807, 2.05) is 4.72 Å². The van der Waals surface area contributed by atoms with E-state index in [2.05, 4.69) is 0 Å². The number of nitrogens with one attached hydrogen (secondary N) is 1. The summed E-state index contributed by atoms with van der Waals surface area (Å²) in [6, 6.07) is 3.34. The molecule has 0 aromatic heterocycles. The van der Waals surface area contributed by atoms with Gasteiger partial charge >= 0.3 is 5.69 Å². The Morgan fingerprint density at radius 1 is 1.56 bits per heavy atom. The second kappa shape index (κ2) is 4.99. The number of hydrogen-bond donors (Lipinski definition) is 2. The summed E-state index contributed by atoms with van der Waals surface area (Å²) in [5, 5.41) is 28.3. The molecule has 0 amide bonds. The van der Waals surface area contributed by atoms with Crippen LogP contribution in [0.5, 0.6) is 5.75 Å². The SMILES string of the molecule is CC(C#N)NS(=O)(=O)c1ccc(O)c([N+](=O)[O-])c1. The first-order chi connectivity index (χ1) is 8.27. The normalized spacial score (nSPS) is 12.7. The lowest BCUT2D eigenvalue weighted by atomic mass is 10.3. The first kappa shape index (κ1) is 13.9. The molecule has 0 fully saturated rings. The van der Waals surface area contributed by atoms with Gasteiger partial charge in [-0.2, -0.15) is 9.98 Å². The van der Waals surface area contributed by atoms with Gasteiger partial charge in [0.2, 0.25) is 10.0 Å². The maximum absolute atomic E-state index is 11.7. The maximum atomic E-state index is 11.7. The zero-order chi connectivity index (χ0) is 13.9. The molecule has 0 saturated carbocycles. The molecule has 1 rings (SSSR count). The van der Waals surface area contributed by atoms with Crippen molar-refractivity contribution < 1.29 is 18.4 Å². The largest absolute Gasteiger partial charge is 0.502 e. The van der Waals surface area contributed by atoms with Crippen LogP contribution in [0.1, 0.15) is 6.92 Å². The fourth-order valence-electron chi connectivity index (χ4n) is 1.14. The van der Waals surface area contributed by atoms with Gasteiger partial charge in [0, 0.05) is 6.07 Å². The number of nitriles is 1. The van der Waals surface area contributed by atoms with Crippen LogP contribution in [0.4, 0.5) is 5.69 Å². The summed E-state index contributed by atoms with van der Waals surface area (Å²) < 4.78 is 25.5. The zero-order valence-corrected chi connectivity index (χ0v) is 10.0. The summed E-state index contributed by atoms with van der Waals surface area (Å²) in [4.78, 5) is 9.26. The van der Waals surface area contributed by atoms with Gasteiger partial charge in [0.25, 0.3) is 0 Å². The van der Waals surface area contributed by atoms with Crippen LogP contribution in [-0.2, 0) is 10.0 Å². The van der Waals surface area contributed by atoms with E-state index in [1.165, 1.54) is 6.92 Å². The summed E-state index contributed by atoms with van der Waals surface area (Å²) in [6.45, 7) is 1.33. The molecule has 0 heterocycles. The summed E-state index contributed by atoms with van der Waals surface area (Å²) >= 11 is 0. The summed E-state index contributed by atoms with van der Waals surface area (Å²) in [6.07, 6.45) is 0. The summed E-state index contributed by atoms with van der Waals surface area (Å²) in [7, 11) is -4.03. The van der Waals surface area contributed by atoms with Crippen LogP contribution in [0.15, 0.2) is 23.1 Å². The van der Waals surface area contributed by atoms with Crippen molar-refractivity contribution in [2.75, 3.05) is 0 Å². The van der Waals surface area contributed by atoms with E-state index in [0.717, 1.165) is 18.2 Å². The molecule has 1 aromatic carbocycles. The van der Waals surface area contributed by atoms with E-state index in [4.69, 9.17) is 5.26 Å². The maximum Gasteiger partial charge on any atom is 0.312 e. The van der Waals surface area contributed by atoms with Crippen molar-refractivity contribution in [3.05, 3.63) is 28.3 Å². The Labute approximate surface area is 103 Å². The highest BCUT2D eigenvalue weighted by atomic mass is 32.2. The Balaban J connectivity index is 3.23. The van der Waals surface area contributed by atoms with E-state index in [9.17, 15) is 23.6 Å². The van der Waals surface area contributed by atoms with Gasteiger partial charge in [0.15, 0.2) is 5.75 Å². The van der Waals surface area contributed by atoms with Crippen molar-refractivity contribution in [3.8, 4) is 11.8 Å². The second-order valence-corrected chi connectivity index (χ2v) is 5.09. The number of phenolic OH excluding ortho intramolecular Hbond substituents is 1. The molecule has 8 nitrogen and oxygen atoms in total. The van der Waals surface area contributed by atoms with Crippen molar-refractivity contribution in [2.45, 2.75) is 17.9 Å². The molecule has 1 aromatic rings. The average molecular weight is 271 g/mol. The minimum Gasteiger partial charge on any atom is -0.502 e. The van der Waals surface area contributed by atoms with Crippen LogP contribution in [0, 0.1) is 21.4 Å². The Bertz CT molecular complexity index is 620. The fourth-order valence-corrected chi connectivity index (χ4v) is 2.31. The first-order valence-corrected chi connectivity index (χ1v) is 6.15. The number of nitro benzene ring substituents is 1. The molecular formula is C9H9N3O5S. The fraction of sp³-hybridized carbons (Fsp3) is 0.222. The molecule has 2 N–H and O–H groups in total. The first-order valence-electron chi connectivity index (χ1n) is 4.67. The number of hydrogen-bond acceptors (Lipinski definition) is 6. The van der Waals surface area contributed by atoms with Gasteiger partial charge in [-0.25, -0.2) is 8.42 Å². The van der Waals surface area contributed by atoms with E-state index >= 15 is 0 Å². The third-order valence-electron chi connectivity index (χ3n) is 1.98. The van der Waals surface area contributed by atoms with Gasteiger partial charge in [-0.1, -0.05) is 0 Å². The van der Waals surface area contributed by atoms with Crippen LogP contribution >= 0.6 is 0 Å². The number of benzene rings is 1. The average Bonchev–Trinajstić information content (AvgIpc) is 2.28. The predicted molar refractivity (Wildman–Crippen MR) is 60.2 cm³/mol. The molecule has 0 radical (unpaired) electrons. The molecule has 0 aliphatic carbocycles. The summed E-state index contributed by atoms with van der Waals surface area (Å²) in [5.41, 5.74) is -0.720. The molecule has 1 unspecified atom stereocenters. The predicted octanol–water partition coefficient (Wildman–Crippen LogP) is 0.491. The van der Waals surface area contributed by atoms with Gasteiger partial charge in [-0.05, 0) is 19.1 Å². The monoisotopic (exact) mass is 271 g/mol. The molecule has 0 saturated heterocycles. The van der Waals surface area contributed by atoms with Crippen LogP contribution in [-0.4, -0.2) is 24.5 Å². The number of nitrogens with zero attached hydrogens (tertiary/aromatic N) is 2. The van der Waals surface area contributed by atoms with Crippen LogP contribution in [0.3, 0.4) is 0 Å². The van der Waals surface area contributed by atoms with Crippen LogP contribution in [0.25, 0.3) is 0 Å². The Kier molecular flexibility index (Phi) is 3.85. The summed E-state index contributed by atoms with van der Waals surface area (Å²) in [5.74, 6) is -0.632. The highest BCUT2D eigenvalue weighted by Gasteiger charge is 2.22. The quantitative estimate of drug-likeness (QED) is 0.604. The van der Waals surface area contributed by atoms with Gasteiger partial charge in [0.05, 0.1) is 15.9 Å². The Morgan fingerprint density at radius 3 is 2.67 bits per heavy atom. The Morgan fingerprint density at radius 2 is 2.17 bits per heavy atom. The minimum atomic E-state index is -4.03. The number of nitro groups is 1. The lowest BCUT2D eigenvalue weighted by Gasteiger charge is -2.07. The lowest BCUT2D eigenvalue weighted by molar-refractivity contribution is -0.386. The van der Waals surface area contributed by atoms with Gasteiger partial charge < -0.3 is 5.11 Å². The molecule has 0 spiro atoms. The Hall–Kier alpha value is -2.18. The van der Waals surface area contributed by atoms with Gasteiger partial charge in [0.1, 0.15) is 6.04 Å². The third-order valence-corrected chi connectivity index (χ3v) is 3.52. The van der Waals surface area contributed by atoms with E-state index in [0.29, 0.717) is 0 Å². The molecule has 9 heteroatoms. The van der Waals surface area contributed by atoms with E-state index < -0.39 is 37.3 Å². The van der Waals surface area contributed by atoms with Crippen molar-refractivity contribution >= 4 is 15.7 Å². The van der Waals surface area contributed by atoms with Crippen molar-refractivity contribution in [3.63, 3.8) is 0 Å². The standard InChI is InChI=1S/C9H9N3O5S/c1-6(5-10)11-18(16,17)7-2-3-9(13)8(4-7)12(14)15/h2-4,6,11,13H,1H3. The second-order valence-electron chi connectivity index (χ2n) is 3.38. The molecule has 0 bridgehead atoms. The van der Waals surface area contributed by atoms with Crippen molar-refractivity contribution in [1.29, 1.82) is 5.26 Å². The highest BCUT2D eigenvalue weighted by molar-refractivity contribution is 7.89. The molecule has 18 heavy (non-hydrogen) atoms. The number of phenols is 1. The van der Waals surface area contributed by atoms with Gasteiger partial charge in [-0.3, -0.25) is 10.1 Å². The molecule has 0 aliphatic heterocycles. The van der Waals surface area contributed by atoms with E-state index in [1.54, 1.807) is 6.07 Å². The molecular weight excluding hydrogens is 262 g/mol. The molecule has 0 aliphatic rings. The van der Waals surface area contributed by atoms with Crippen LogP contribution in [0.2, 0.25) is 0 Å². The minimum absolute atomic E-state index is 0.394. The zero-order valence-electron chi connectivity index (χ0n) is 9.19. The van der Waals surface area contributed by atoms with Crippen molar-refractivity contribution in [2.24, 2.45) is 0 Å². The lowest BCUT2D eigenvalue weighted by Crippen LogP contribution is -2.31. The van der Waals surface area contributed by atoms with Crippen molar-refractivity contribution in [1.82, 2.24) is 4.72 Å². The number of sulfonamides is 1. The third kappa shape index (κ3) is 2.93. The van der Waals surface area contributed by atoms with Gasteiger partial charge in [-0.15, -0.1) is 0 Å². The number of aromatic hydroxyl groups is 1. The van der Waals surface area contributed by atoms with E-state index in [-0.39, 0.29) is 0 Å². The van der Waals surface area contributed by atoms with Crippen LogP contribution < -0.4 is 4.72 Å². The smallest absolute Gasteiger partial charge is 0.312 e. The topological polar surface area (TPSA) is 133 Å². The molecule has 96 valence electrons.